The molecule has 0 fully saturated rings. The van der Waals surface area contributed by atoms with Crippen LogP contribution in [0.4, 0.5) is 11.4 Å². The minimum atomic E-state index is -0.187. The van der Waals surface area contributed by atoms with Crippen LogP contribution >= 0.6 is 0 Å². The summed E-state index contributed by atoms with van der Waals surface area (Å²) in [5.41, 5.74) is 2.73. The Labute approximate surface area is 147 Å². The minimum Gasteiger partial charge on any atom is -0.492 e. The summed E-state index contributed by atoms with van der Waals surface area (Å²) in [5, 5.41) is 0. The van der Waals surface area contributed by atoms with Crippen molar-refractivity contribution in [3.8, 4) is 5.75 Å². The number of benzene rings is 2. The van der Waals surface area contributed by atoms with Gasteiger partial charge in [-0.1, -0.05) is 30.3 Å². The zero-order chi connectivity index (χ0) is 17.8. The Kier molecular flexibility index (Phi) is 5.03. The standard InChI is InChI=1S/C20H22N2O3/c1-3-25-19-11-7-6-10-18(19)22(15(2)23)14-20(24)21-13-12-16-8-4-5-9-17(16)21/h4-11H,3,12-14H2,1-2H3. The van der Waals surface area contributed by atoms with Crippen molar-refractivity contribution in [3.05, 3.63) is 54.1 Å². The Bertz CT molecular complexity index is 788. The number of carbonyl (C=O) groups excluding carboxylic acids is 2. The summed E-state index contributed by atoms with van der Waals surface area (Å²) in [6, 6.07) is 15.2. The van der Waals surface area contributed by atoms with E-state index in [4.69, 9.17) is 4.74 Å². The van der Waals surface area contributed by atoms with Crippen LogP contribution in [0.25, 0.3) is 0 Å². The van der Waals surface area contributed by atoms with E-state index in [2.05, 4.69) is 0 Å². The van der Waals surface area contributed by atoms with Crippen LogP contribution in [0.1, 0.15) is 19.4 Å². The van der Waals surface area contributed by atoms with Crippen molar-refractivity contribution in [1.29, 1.82) is 0 Å². The van der Waals surface area contributed by atoms with E-state index in [0.717, 1.165) is 12.1 Å². The van der Waals surface area contributed by atoms with E-state index in [0.29, 0.717) is 24.6 Å². The van der Waals surface area contributed by atoms with Crippen molar-refractivity contribution < 1.29 is 14.3 Å². The molecule has 2 aromatic carbocycles. The second kappa shape index (κ2) is 7.38. The van der Waals surface area contributed by atoms with Crippen molar-refractivity contribution in [1.82, 2.24) is 0 Å². The van der Waals surface area contributed by atoms with Gasteiger partial charge in [0.2, 0.25) is 11.8 Å². The normalized spacial score (nSPS) is 12.6. The molecule has 0 aromatic heterocycles. The van der Waals surface area contributed by atoms with Crippen molar-refractivity contribution >= 4 is 23.2 Å². The highest BCUT2D eigenvalue weighted by Crippen LogP contribution is 2.30. The Morgan fingerprint density at radius 1 is 1.12 bits per heavy atom. The molecule has 0 N–H and O–H groups in total. The van der Waals surface area contributed by atoms with Gasteiger partial charge in [0.15, 0.2) is 0 Å². The van der Waals surface area contributed by atoms with E-state index < -0.39 is 0 Å². The van der Waals surface area contributed by atoms with E-state index in [-0.39, 0.29) is 18.4 Å². The number of amides is 2. The lowest BCUT2D eigenvalue weighted by Crippen LogP contribution is -2.42. The monoisotopic (exact) mass is 338 g/mol. The Morgan fingerprint density at radius 3 is 2.60 bits per heavy atom. The highest BCUT2D eigenvalue weighted by Gasteiger charge is 2.27. The number of anilines is 2. The first-order valence-electron chi connectivity index (χ1n) is 8.50. The number of para-hydroxylation sites is 3. The third-order valence-corrected chi connectivity index (χ3v) is 4.32. The van der Waals surface area contributed by atoms with Crippen molar-refractivity contribution in [2.45, 2.75) is 20.3 Å². The lowest BCUT2D eigenvalue weighted by molar-refractivity contribution is -0.121. The predicted molar refractivity (Wildman–Crippen MR) is 98.1 cm³/mol. The van der Waals surface area contributed by atoms with Gasteiger partial charge in [0.25, 0.3) is 0 Å². The quantitative estimate of drug-likeness (QED) is 0.842. The highest BCUT2D eigenvalue weighted by atomic mass is 16.5. The predicted octanol–water partition coefficient (Wildman–Crippen LogP) is 3.03. The van der Waals surface area contributed by atoms with Crippen LogP contribution in [0.5, 0.6) is 5.75 Å². The molecule has 2 amide bonds. The van der Waals surface area contributed by atoms with Crippen LogP contribution in [0, 0.1) is 0 Å². The number of fused-ring (bicyclic) bond motifs is 1. The number of hydrogen-bond acceptors (Lipinski definition) is 3. The first kappa shape index (κ1) is 17.0. The van der Waals surface area contributed by atoms with Gasteiger partial charge < -0.3 is 9.64 Å². The van der Waals surface area contributed by atoms with Crippen molar-refractivity contribution in [2.24, 2.45) is 0 Å². The molecule has 5 nitrogen and oxygen atoms in total. The fourth-order valence-corrected chi connectivity index (χ4v) is 3.14. The molecule has 1 heterocycles. The van der Waals surface area contributed by atoms with Crippen LogP contribution in [-0.2, 0) is 16.0 Å². The summed E-state index contributed by atoms with van der Waals surface area (Å²) in [6.07, 6.45) is 0.845. The third kappa shape index (κ3) is 3.50. The maximum atomic E-state index is 12.9. The van der Waals surface area contributed by atoms with Gasteiger partial charge in [0, 0.05) is 19.2 Å². The number of nitrogens with zero attached hydrogens (tertiary/aromatic N) is 2. The molecular weight excluding hydrogens is 316 g/mol. The highest BCUT2D eigenvalue weighted by molar-refractivity contribution is 6.04. The van der Waals surface area contributed by atoms with Gasteiger partial charge in [-0.3, -0.25) is 14.5 Å². The Balaban J connectivity index is 1.84. The van der Waals surface area contributed by atoms with Crippen LogP contribution in [-0.4, -0.2) is 31.5 Å². The van der Waals surface area contributed by atoms with Gasteiger partial charge in [0.1, 0.15) is 12.3 Å². The Morgan fingerprint density at radius 2 is 1.84 bits per heavy atom. The average Bonchev–Trinajstić information content (AvgIpc) is 3.04. The van der Waals surface area contributed by atoms with Gasteiger partial charge >= 0.3 is 0 Å². The summed E-state index contributed by atoms with van der Waals surface area (Å²) in [4.78, 5) is 28.3. The summed E-state index contributed by atoms with van der Waals surface area (Å²) in [7, 11) is 0. The van der Waals surface area contributed by atoms with E-state index in [1.807, 2.05) is 49.4 Å². The molecule has 25 heavy (non-hydrogen) atoms. The van der Waals surface area contributed by atoms with Crippen LogP contribution in [0.15, 0.2) is 48.5 Å². The van der Waals surface area contributed by atoms with Crippen LogP contribution < -0.4 is 14.5 Å². The molecule has 5 heteroatoms. The van der Waals surface area contributed by atoms with Crippen molar-refractivity contribution in [2.75, 3.05) is 29.5 Å². The van der Waals surface area contributed by atoms with Gasteiger partial charge in [-0.15, -0.1) is 0 Å². The number of carbonyl (C=O) groups is 2. The molecule has 3 rings (SSSR count). The first-order valence-corrected chi connectivity index (χ1v) is 8.50. The van der Waals surface area contributed by atoms with E-state index in [1.54, 1.807) is 11.0 Å². The maximum Gasteiger partial charge on any atom is 0.247 e. The lowest BCUT2D eigenvalue weighted by atomic mass is 10.2. The molecule has 0 saturated carbocycles. The van der Waals surface area contributed by atoms with E-state index >= 15 is 0 Å². The first-order chi connectivity index (χ1) is 12.1. The molecule has 0 spiro atoms. The molecule has 0 aliphatic carbocycles. The average molecular weight is 338 g/mol. The number of ether oxygens (including phenoxy) is 1. The smallest absolute Gasteiger partial charge is 0.247 e. The fourth-order valence-electron chi connectivity index (χ4n) is 3.14. The van der Waals surface area contributed by atoms with Crippen LogP contribution in [0.2, 0.25) is 0 Å². The molecule has 0 atom stereocenters. The number of rotatable bonds is 5. The van der Waals surface area contributed by atoms with Gasteiger partial charge in [-0.2, -0.15) is 0 Å². The fraction of sp³-hybridized carbons (Fsp3) is 0.300. The summed E-state index contributed by atoms with van der Waals surface area (Å²) in [6.45, 7) is 4.50. The molecule has 0 radical (unpaired) electrons. The van der Waals surface area contributed by atoms with Crippen LogP contribution in [0.3, 0.4) is 0 Å². The largest absolute Gasteiger partial charge is 0.492 e. The molecule has 0 saturated heterocycles. The molecule has 2 aromatic rings. The van der Waals surface area contributed by atoms with Gasteiger partial charge in [-0.25, -0.2) is 0 Å². The number of hydrogen-bond donors (Lipinski definition) is 0. The third-order valence-electron chi connectivity index (χ3n) is 4.32. The molecular formula is C20H22N2O3. The molecule has 1 aliphatic rings. The second-order valence-corrected chi connectivity index (χ2v) is 5.93. The lowest BCUT2D eigenvalue weighted by Gasteiger charge is -2.26. The zero-order valence-corrected chi connectivity index (χ0v) is 14.6. The summed E-state index contributed by atoms with van der Waals surface area (Å²) in [5.74, 6) is 0.328. The van der Waals surface area contributed by atoms with Gasteiger partial charge in [-0.05, 0) is 37.1 Å². The molecule has 0 bridgehead atoms. The molecule has 1 aliphatic heterocycles. The maximum absolute atomic E-state index is 12.9. The second-order valence-electron chi connectivity index (χ2n) is 5.93. The summed E-state index contributed by atoms with van der Waals surface area (Å²) < 4.78 is 5.61. The minimum absolute atomic E-state index is 0.00620. The SMILES string of the molecule is CCOc1ccccc1N(CC(=O)N1CCc2ccccc21)C(C)=O. The molecule has 0 unspecified atom stereocenters. The van der Waals surface area contributed by atoms with Crippen molar-refractivity contribution in [3.63, 3.8) is 0 Å². The summed E-state index contributed by atoms with van der Waals surface area (Å²) >= 11 is 0. The topological polar surface area (TPSA) is 49.9 Å². The zero-order valence-electron chi connectivity index (χ0n) is 14.6. The Hall–Kier alpha value is -2.82. The van der Waals surface area contributed by atoms with Gasteiger partial charge in [0.05, 0.1) is 12.3 Å². The molecule has 130 valence electrons. The van der Waals surface area contributed by atoms with E-state index in [1.165, 1.54) is 17.4 Å². The van der Waals surface area contributed by atoms with E-state index in [9.17, 15) is 9.59 Å².